The Kier molecular flexibility index (Phi) is 4.54. The minimum absolute atomic E-state index is 0.00396. The summed E-state index contributed by atoms with van der Waals surface area (Å²) in [6, 6.07) is 0. The Morgan fingerprint density at radius 1 is 1.29 bits per heavy atom. The van der Waals surface area contributed by atoms with Gasteiger partial charge in [0.1, 0.15) is 5.82 Å². The van der Waals surface area contributed by atoms with Crippen molar-refractivity contribution in [1.29, 1.82) is 0 Å². The Bertz CT molecular complexity index is 598. The first-order valence-electron chi connectivity index (χ1n) is 6.37. The van der Waals surface area contributed by atoms with Crippen molar-refractivity contribution in [1.82, 2.24) is 24.4 Å². The molecule has 1 aromatic rings. The largest absolute Gasteiger partial charge is 0.451 e. The van der Waals surface area contributed by atoms with Gasteiger partial charge in [-0.05, 0) is 20.0 Å². The van der Waals surface area contributed by atoms with Crippen molar-refractivity contribution in [3.05, 3.63) is 11.6 Å². The highest BCUT2D eigenvalue weighted by Crippen LogP contribution is 2.29. The van der Waals surface area contributed by atoms with Crippen molar-refractivity contribution in [2.24, 2.45) is 0 Å². The first-order valence-corrected chi connectivity index (χ1v) is 7.98. The van der Waals surface area contributed by atoms with E-state index in [1.165, 1.54) is 0 Å². The molecule has 1 aromatic heterocycles. The molecular formula is C10H16F3N5O2S. The molecule has 0 amide bonds. The van der Waals surface area contributed by atoms with Crippen LogP contribution in [0.25, 0.3) is 0 Å². The highest BCUT2D eigenvalue weighted by atomic mass is 32.2. The minimum atomic E-state index is -4.58. The van der Waals surface area contributed by atoms with Crippen LogP contribution in [0, 0.1) is 0 Å². The molecule has 1 N–H and O–H groups in total. The SMILES string of the molecule is CNCCCS(=O)(=O)N1CCn2c(nnc2C(F)(F)F)C1. The Balaban J connectivity index is 2.12. The molecule has 0 saturated heterocycles. The van der Waals surface area contributed by atoms with Crippen LogP contribution in [0.3, 0.4) is 0 Å². The molecule has 11 heteroatoms. The van der Waals surface area contributed by atoms with Crippen LogP contribution < -0.4 is 5.32 Å². The summed E-state index contributed by atoms with van der Waals surface area (Å²) in [5, 5.41) is 9.42. The standard InChI is InChI=1S/C10H16F3N5O2S/c1-14-3-2-6-21(19,20)17-4-5-18-8(7-17)15-16-9(18)10(11,12)13/h14H,2-7H2,1H3. The van der Waals surface area contributed by atoms with E-state index in [2.05, 4.69) is 15.5 Å². The second kappa shape index (κ2) is 5.89. The van der Waals surface area contributed by atoms with Crippen LogP contribution >= 0.6 is 0 Å². The van der Waals surface area contributed by atoms with Gasteiger partial charge in [0.05, 0.1) is 12.3 Å². The van der Waals surface area contributed by atoms with Gasteiger partial charge >= 0.3 is 6.18 Å². The maximum Gasteiger partial charge on any atom is 0.451 e. The van der Waals surface area contributed by atoms with Gasteiger partial charge in [0, 0.05) is 13.1 Å². The summed E-state index contributed by atoms with van der Waals surface area (Å²) in [6.45, 7) is 0.283. The molecule has 2 rings (SSSR count). The van der Waals surface area contributed by atoms with Gasteiger partial charge in [-0.1, -0.05) is 0 Å². The Morgan fingerprint density at radius 3 is 2.62 bits per heavy atom. The van der Waals surface area contributed by atoms with E-state index >= 15 is 0 Å². The van der Waals surface area contributed by atoms with Crippen molar-refractivity contribution in [3.8, 4) is 0 Å². The molecule has 0 fully saturated rings. The quantitative estimate of drug-likeness (QED) is 0.773. The molecule has 21 heavy (non-hydrogen) atoms. The maximum atomic E-state index is 12.7. The van der Waals surface area contributed by atoms with Gasteiger partial charge in [-0.25, -0.2) is 8.42 Å². The number of alkyl halides is 3. The molecule has 1 aliphatic rings. The number of hydrogen-bond donors (Lipinski definition) is 1. The maximum absolute atomic E-state index is 12.7. The fraction of sp³-hybridized carbons (Fsp3) is 0.800. The van der Waals surface area contributed by atoms with E-state index in [-0.39, 0.29) is 31.2 Å². The van der Waals surface area contributed by atoms with Crippen molar-refractivity contribution in [3.63, 3.8) is 0 Å². The number of sulfonamides is 1. The molecule has 2 heterocycles. The second-order valence-electron chi connectivity index (χ2n) is 4.70. The Morgan fingerprint density at radius 2 is 2.00 bits per heavy atom. The normalized spacial score (nSPS) is 17.0. The third-order valence-electron chi connectivity index (χ3n) is 3.19. The average molecular weight is 327 g/mol. The zero-order chi connectivity index (χ0) is 15.7. The molecule has 0 aromatic carbocycles. The van der Waals surface area contributed by atoms with Crippen LogP contribution in [0.5, 0.6) is 0 Å². The summed E-state index contributed by atoms with van der Waals surface area (Å²) in [5.74, 6) is -1.11. The lowest BCUT2D eigenvalue weighted by Crippen LogP contribution is -2.40. The van der Waals surface area contributed by atoms with Crippen LogP contribution in [0.2, 0.25) is 0 Å². The van der Waals surface area contributed by atoms with Gasteiger partial charge in [-0.3, -0.25) is 0 Å². The molecular weight excluding hydrogens is 311 g/mol. The van der Waals surface area contributed by atoms with E-state index in [1.807, 2.05) is 0 Å². The average Bonchev–Trinajstić information content (AvgIpc) is 2.81. The zero-order valence-electron chi connectivity index (χ0n) is 11.4. The zero-order valence-corrected chi connectivity index (χ0v) is 12.2. The molecule has 0 saturated carbocycles. The predicted molar refractivity (Wildman–Crippen MR) is 67.8 cm³/mol. The molecule has 120 valence electrons. The first kappa shape index (κ1) is 16.2. The van der Waals surface area contributed by atoms with E-state index in [0.717, 1.165) is 8.87 Å². The molecule has 0 bridgehead atoms. The van der Waals surface area contributed by atoms with Crippen molar-refractivity contribution >= 4 is 10.0 Å². The van der Waals surface area contributed by atoms with E-state index in [9.17, 15) is 21.6 Å². The number of nitrogens with zero attached hydrogens (tertiary/aromatic N) is 4. The number of aromatic nitrogens is 3. The molecule has 0 atom stereocenters. The number of nitrogens with one attached hydrogen (secondary N) is 1. The summed E-state index contributed by atoms with van der Waals surface area (Å²) < 4.78 is 64.3. The lowest BCUT2D eigenvalue weighted by Gasteiger charge is -2.27. The van der Waals surface area contributed by atoms with Crippen molar-refractivity contribution in [2.75, 3.05) is 25.9 Å². The highest BCUT2D eigenvalue weighted by Gasteiger charge is 2.40. The van der Waals surface area contributed by atoms with Crippen LogP contribution in [0.4, 0.5) is 13.2 Å². The van der Waals surface area contributed by atoms with Crippen LogP contribution in [-0.4, -0.2) is 53.4 Å². The van der Waals surface area contributed by atoms with Crippen LogP contribution in [-0.2, 0) is 29.3 Å². The second-order valence-corrected chi connectivity index (χ2v) is 6.78. The van der Waals surface area contributed by atoms with Gasteiger partial charge in [-0.15, -0.1) is 10.2 Å². The van der Waals surface area contributed by atoms with Crippen molar-refractivity contribution in [2.45, 2.75) is 25.7 Å². The third-order valence-corrected chi connectivity index (χ3v) is 5.10. The van der Waals surface area contributed by atoms with E-state index in [1.54, 1.807) is 7.05 Å². The van der Waals surface area contributed by atoms with Crippen LogP contribution in [0.15, 0.2) is 0 Å². The lowest BCUT2D eigenvalue weighted by atomic mass is 10.4. The summed E-state index contributed by atoms with van der Waals surface area (Å²) in [4.78, 5) is 0. The first-order chi connectivity index (χ1) is 9.75. The molecule has 1 aliphatic heterocycles. The van der Waals surface area contributed by atoms with Gasteiger partial charge < -0.3 is 9.88 Å². The lowest BCUT2D eigenvalue weighted by molar-refractivity contribution is -0.147. The monoisotopic (exact) mass is 327 g/mol. The fourth-order valence-electron chi connectivity index (χ4n) is 2.14. The summed E-state index contributed by atoms with van der Waals surface area (Å²) in [6.07, 6.45) is -4.14. The molecule has 7 nitrogen and oxygen atoms in total. The number of rotatable bonds is 5. The number of halogens is 3. The van der Waals surface area contributed by atoms with Crippen molar-refractivity contribution < 1.29 is 21.6 Å². The minimum Gasteiger partial charge on any atom is -0.320 e. The van der Waals surface area contributed by atoms with E-state index < -0.39 is 22.0 Å². The summed E-state index contributed by atoms with van der Waals surface area (Å²) >= 11 is 0. The molecule has 0 radical (unpaired) electrons. The fourth-order valence-corrected chi connectivity index (χ4v) is 3.58. The Labute approximate surface area is 120 Å². The topological polar surface area (TPSA) is 80.1 Å². The highest BCUT2D eigenvalue weighted by molar-refractivity contribution is 7.89. The summed E-state index contributed by atoms with van der Waals surface area (Å²) in [7, 11) is -1.78. The Hall–Kier alpha value is -1.20. The molecule has 0 spiro atoms. The van der Waals surface area contributed by atoms with E-state index in [0.29, 0.717) is 13.0 Å². The predicted octanol–water partition coefficient (Wildman–Crippen LogP) is 0.0518. The number of hydrogen-bond acceptors (Lipinski definition) is 5. The van der Waals surface area contributed by atoms with Crippen LogP contribution in [0.1, 0.15) is 18.1 Å². The molecule has 0 unspecified atom stereocenters. The van der Waals surface area contributed by atoms with Gasteiger partial charge in [0.25, 0.3) is 0 Å². The summed E-state index contributed by atoms with van der Waals surface area (Å²) in [5.41, 5.74) is 0. The number of fused-ring (bicyclic) bond motifs is 1. The molecule has 0 aliphatic carbocycles. The van der Waals surface area contributed by atoms with Gasteiger partial charge in [0.15, 0.2) is 0 Å². The third kappa shape index (κ3) is 3.52. The van der Waals surface area contributed by atoms with Gasteiger partial charge in [0.2, 0.25) is 15.8 Å². The smallest absolute Gasteiger partial charge is 0.320 e. The van der Waals surface area contributed by atoms with E-state index in [4.69, 9.17) is 0 Å². The van der Waals surface area contributed by atoms with Gasteiger partial charge in [-0.2, -0.15) is 17.5 Å².